The van der Waals surface area contributed by atoms with Crippen molar-refractivity contribution >= 4 is 5.97 Å². The Kier molecular flexibility index (Phi) is 4.54. The van der Waals surface area contributed by atoms with E-state index in [0.29, 0.717) is 19.0 Å². The number of hydrogen-bond acceptors (Lipinski definition) is 3. The van der Waals surface area contributed by atoms with E-state index < -0.39 is 5.97 Å². The van der Waals surface area contributed by atoms with Crippen molar-refractivity contribution in [1.29, 1.82) is 0 Å². The van der Waals surface area contributed by atoms with Crippen LogP contribution in [0, 0.1) is 0 Å². The van der Waals surface area contributed by atoms with Gasteiger partial charge in [-0.25, -0.2) is 4.79 Å². The largest absolute Gasteiger partial charge is 0.496 e. The first-order valence-electron chi connectivity index (χ1n) is 4.78. The lowest BCUT2D eigenvalue weighted by molar-refractivity contribution is 0.0693. The van der Waals surface area contributed by atoms with Crippen molar-refractivity contribution in [3.8, 4) is 5.75 Å². The number of benzene rings is 1. The standard InChI is InChI=1S/C12H14O4/c1-3-6-16-8-9-4-5-10(12(13)14)11(7-9)15-2/h3-5,7H,1,6,8H2,2H3,(H,13,14). The van der Waals surface area contributed by atoms with Crippen LogP contribution in [0.2, 0.25) is 0 Å². The third kappa shape index (κ3) is 3.10. The molecule has 0 radical (unpaired) electrons. The van der Waals surface area contributed by atoms with Gasteiger partial charge >= 0.3 is 5.97 Å². The summed E-state index contributed by atoms with van der Waals surface area (Å²) in [5.41, 5.74) is 1.01. The predicted molar refractivity (Wildman–Crippen MR) is 59.8 cm³/mol. The Balaban J connectivity index is 2.82. The Labute approximate surface area is 94.1 Å². The van der Waals surface area contributed by atoms with Crippen LogP contribution in [-0.2, 0) is 11.3 Å². The summed E-state index contributed by atoms with van der Waals surface area (Å²) in [7, 11) is 1.44. The number of methoxy groups -OCH3 is 1. The molecule has 1 N–H and O–H groups in total. The highest BCUT2D eigenvalue weighted by atomic mass is 16.5. The van der Waals surface area contributed by atoms with Gasteiger partial charge in [0.2, 0.25) is 0 Å². The van der Waals surface area contributed by atoms with Gasteiger partial charge in [-0.05, 0) is 17.7 Å². The lowest BCUT2D eigenvalue weighted by Crippen LogP contribution is -2.02. The molecule has 0 saturated carbocycles. The van der Waals surface area contributed by atoms with Crippen LogP contribution in [-0.4, -0.2) is 24.8 Å². The number of hydrogen-bond donors (Lipinski definition) is 1. The minimum Gasteiger partial charge on any atom is -0.496 e. The van der Waals surface area contributed by atoms with Crippen LogP contribution < -0.4 is 4.74 Å². The van der Waals surface area contributed by atoms with Crippen molar-refractivity contribution in [2.75, 3.05) is 13.7 Å². The van der Waals surface area contributed by atoms with Gasteiger partial charge in [0, 0.05) is 0 Å². The average Bonchev–Trinajstić information content (AvgIpc) is 2.29. The lowest BCUT2D eigenvalue weighted by Gasteiger charge is -2.07. The van der Waals surface area contributed by atoms with Crippen LogP contribution >= 0.6 is 0 Å². The average molecular weight is 222 g/mol. The molecule has 0 heterocycles. The summed E-state index contributed by atoms with van der Waals surface area (Å²) >= 11 is 0. The Bertz CT molecular complexity index is 385. The van der Waals surface area contributed by atoms with Gasteiger partial charge in [-0.1, -0.05) is 12.1 Å². The second-order valence-electron chi connectivity index (χ2n) is 3.14. The second-order valence-corrected chi connectivity index (χ2v) is 3.14. The van der Waals surface area contributed by atoms with E-state index in [-0.39, 0.29) is 5.56 Å². The molecule has 0 aliphatic rings. The smallest absolute Gasteiger partial charge is 0.339 e. The number of carboxylic acid groups (broad SMARTS) is 1. The normalized spacial score (nSPS) is 9.81. The van der Waals surface area contributed by atoms with Crippen LogP contribution in [0.3, 0.4) is 0 Å². The van der Waals surface area contributed by atoms with Crippen molar-refractivity contribution in [3.05, 3.63) is 42.0 Å². The number of ether oxygens (including phenoxy) is 2. The lowest BCUT2D eigenvalue weighted by atomic mass is 10.1. The van der Waals surface area contributed by atoms with Gasteiger partial charge < -0.3 is 14.6 Å². The van der Waals surface area contributed by atoms with Crippen LogP contribution in [0.1, 0.15) is 15.9 Å². The Morgan fingerprint density at radius 3 is 2.88 bits per heavy atom. The van der Waals surface area contributed by atoms with Crippen LogP contribution in [0.25, 0.3) is 0 Å². The van der Waals surface area contributed by atoms with E-state index in [9.17, 15) is 4.79 Å². The minimum absolute atomic E-state index is 0.148. The number of rotatable bonds is 6. The number of aromatic carboxylic acids is 1. The van der Waals surface area contributed by atoms with Gasteiger partial charge in [0.25, 0.3) is 0 Å². The van der Waals surface area contributed by atoms with Gasteiger partial charge in [0.05, 0.1) is 20.3 Å². The molecule has 0 atom stereocenters. The molecule has 1 rings (SSSR count). The molecule has 4 heteroatoms. The molecule has 86 valence electrons. The molecule has 0 saturated heterocycles. The molecule has 0 aliphatic carbocycles. The highest BCUT2D eigenvalue weighted by Crippen LogP contribution is 2.20. The Morgan fingerprint density at radius 1 is 1.56 bits per heavy atom. The molecular weight excluding hydrogens is 208 g/mol. The molecule has 1 aromatic rings. The fourth-order valence-corrected chi connectivity index (χ4v) is 1.26. The first kappa shape index (κ1) is 12.3. The summed E-state index contributed by atoms with van der Waals surface area (Å²) in [5.74, 6) is -0.664. The Hall–Kier alpha value is -1.81. The monoisotopic (exact) mass is 222 g/mol. The van der Waals surface area contributed by atoms with Crippen LogP contribution in [0.5, 0.6) is 5.75 Å². The predicted octanol–water partition coefficient (Wildman–Crippen LogP) is 2.10. The maximum absolute atomic E-state index is 10.8. The highest BCUT2D eigenvalue weighted by Gasteiger charge is 2.10. The first-order chi connectivity index (χ1) is 7.69. The van der Waals surface area contributed by atoms with Crippen molar-refractivity contribution in [2.45, 2.75) is 6.61 Å². The zero-order valence-electron chi connectivity index (χ0n) is 9.10. The van der Waals surface area contributed by atoms with Crippen molar-refractivity contribution in [2.24, 2.45) is 0 Å². The van der Waals surface area contributed by atoms with Gasteiger partial charge in [-0.2, -0.15) is 0 Å². The molecular formula is C12H14O4. The third-order valence-corrected chi connectivity index (χ3v) is 2.00. The summed E-state index contributed by atoms with van der Waals surface area (Å²) in [6, 6.07) is 4.87. The van der Waals surface area contributed by atoms with E-state index in [1.165, 1.54) is 13.2 Å². The summed E-state index contributed by atoms with van der Waals surface area (Å²) in [5, 5.41) is 8.88. The van der Waals surface area contributed by atoms with Crippen LogP contribution in [0.4, 0.5) is 0 Å². The molecule has 0 unspecified atom stereocenters. The second kappa shape index (κ2) is 5.92. The molecule has 0 fully saturated rings. The molecule has 0 aliphatic heterocycles. The van der Waals surface area contributed by atoms with E-state index in [1.54, 1.807) is 18.2 Å². The van der Waals surface area contributed by atoms with E-state index in [2.05, 4.69) is 6.58 Å². The molecule has 0 bridgehead atoms. The molecule has 0 spiro atoms. The highest BCUT2D eigenvalue weighted by molar-refractivity contribution is 5.90. The fraction of sp³-hybridized carbons (Fsp3) is 0.250. The molecule has 1 aromatic carbocycles. The van der Waals surface area contributed by atoms with Gasteiger partial charge in [0.15, 0.2) is 0 Å². The third-order valence-electron chi connectivity index (χ3n) is 2.00. The van der Waals surface area contributed by atoms with E-state index in [0.717, 1.165) is 5.56 Å². The van der Waals surface area contributed by atoms with E-state index >= 15 is 0 Å². The van der Waals surface area contributed by atoms with Gasteiger partial charge in [-0.3, -0.25) is 0 Å². The number of carboxylic acids is 1. The maximum Gasteiger partial charge on any atom is 0.339 e. The molecule has 16 heavy (non-hydrogen) atoms. The Morgan fingerprint density at radius 2 is 2.31 bits per heavy atom. The van der Waals surface area contributed by atoms with E-state index in [4.69, 9.17) is 14.6 Å². The summed E-state index contributed by atoms with van der Waals surface area (Å²) in [4.78, 5) is 10.8. The van der Waals surface area contributed by atoms with Crippen molar-refractivity contribution in [1.82, 2.24) is 0 Å². The van der Waals surface area contributed by atoms with Crippen molar-refractivity contribution < 1.29 is 19.4 Å². The molecule has 4 nitrogen and oxygen atoms in total. The summed E-state index contributed by atoms with van der Waals surface area (Å²) in [6.45, 7) is 4.40. The minimum atomic E-state index is -1.00. The zero-order chi connectivity index (χ0) is 12.0. The first-order valence-corrected chi connectivity index (χ1v) is 4.78. The maximum atomic E-state index is 10.8. The number of carbonyl (C=O) groups is 1. The summed E-state index contributed by atoms with van der Waals surface area (Å²) < 4.78 is 10.2. The fourth-order valence-electron chi connectivity index (χ4n) is 1.26. The quantitative estimate of drug-likeness (QED) is 0.591. The topological polar surface area (TPSA) is 55.8 Å². The van der Waals surface area contributed by atoms with Gasteiger partial charge in [0.1, 0.15) is 11.3 Å². The van der Waals surface area contributed by atoms with E-state index in [1.807, 2.05) is 0 Å². The SMILES string of the molecule is C=CCOCc1ccc(C(=O)O)c(OC)c1. The summed E-state index contributed by atoms with van der Waals surface area (Å²) in [6.07, 6.45) is 1.66. The zero-order valence-corrected chi connectivity index (χ0v) is 9.10. The van der Waals surface area contributed by atoms with Gasteiger partial charge in [-0.15, -0.1) is 6.58 Å². The molecule has 0 amide bonds. The van der Waals surface area contributed by atoms with Crippen LogP contribution in [0.15, 0.2) is 30.9 Å². The molecule has 0 aromatic heterocycles. The van der Waals surface area contributed by atoms with Crippen molar-refractivity contribution in [3.63, 3.8) is 0 Å².